The average molecular weight is 240 g/mol. The minimum Gasteiger partial charge on any atom is -0.497 e. The lowest BCUT2D eigenvalue weighted by atomic mass is 10.1. The SMILES string of the molecule is C1=COC1.Cn1ccc(=O)c2ccc(C#N)cc21. The summed E-state index contributed by atoms with van der Waals surface area (Å²) in [5, 5.41) is 9.37. The van der Waals surface area contributed by atoms with Crippen molar-refractivity contribution in [3.8, 4) is 6.07 Å². The molecule has 2 heterocycles. The summed E-state index contributed by atoms with van der Waals surface area (Å²) in [5.41, 5.74) is 1.35. The van der Waals surface area contributed by atoms with Crippen LogP contribution in [0.2, 0.25) is 0 Å². The second kappa shape index (κ2) is 5.19. The number of nitriles is 1. The molecular formula is C14H12N2O2. The summed E-state index contributed by atoms with van der Waals surface area (Å²) in [7, 11) is 1.85. The van der Waals surface area contributed by atoms with Gasteiger partial charge in [0.1, 0.15) is 6.61 Å². The maximum atomic E-state index is 11.4. The summed E-state index contributed by atoms with van der Waals surface area (Å²) in [5.74, 6) is 0. The van der Waals surface area contributed by atoms with Gasteiger partial charge in [-0.05, 0) is 24.3 Å². The Balaban J connectivity index is 0.000000256. The number of aryl methyl sites for hydroxylation is 1. The second-order valence-electron chi connectivity index (χ2n) is 3.84. The Bertz CT molecular complexity index is 687. The van der Waals surface area contributed by atoms with Crippen LogP contribution in [0.3, 0.4) is 0 Å². The summed E-state index contributed by atoms with van der Waals surface area (Å²) in [6, 6.07) is 8.64. The van der Waals surface area contributed by atoms with Crippen LogP contribution in [0.4, 0.5) is 0 Å². The van der Waals surface area contributed by atoms with Crippen LogP contribution in [-0.2, 0) is 11.8 Å². The summed E-state index contributed by atoms with van der Waals surface area (Å²) < 4.78 is 6.37. The maximum Gasteiger partial charge on any atom is 0.189 e. The molecule has 0 N–H and O–H groups in total. The van der Waals surface area contributed by atoms with Crippen molar-refractivity contribution in [2.75, 3.05) is 6.61 Å². The van der Waals surface area contributed by atoms with Gasteiger partial charge in [0, 0.05) is 24.7 Å². The molecule has 4 heteroatoms. The number of aromatic nitrogens is 1. The third-order valence-corrected chi connectivity index (χ3v) is 2.61. The number of fused-ring (bicyclic) bond motifs is 1. The number of nitrogens with zero attached hydrogens (tertiary/aromatic N) is 2. The van der Waals surface area contributed by atoms with Crippen LogP contribution < -0.4 is 5.43 Å². The summed E-state index contributed by atoms with van der Waals surface area (Å²) >= 11 is 0. The molecule has 1 aliphatic rings. The van der Waals surface area contributed by atoms with E-state index in [4.69, 9.17) is 5.26 Å². The topological polar surface area (TPSA) is 55.0 Å². The fourth-order valence-electron chi connectivity index (χ4n) is 1.55. The van der Waals surface area contributed by atoms with E-state index in [0.717, 1.165) is 12.1 Å². The van der Waals surface area contributed by atoms with Crippen molar-refractivity contribution in [3.63, 3.8) is 0 Å². The van der Waals surface area contributed by atoms with Crippen molar-refractivity contribution >= 4 is 10.9 Å². The van der Waals surface area contributed by atoms with Crippen LogP contribution in [0, 0.1) is 11.3 Å². The molecular weight excluding hydrogens is 228 g/mol. The van der Waals surface area contributed by atoms with Gasteiger partial charge in [0.15, 0.2) is 5.43 Å². The van der Waals surface area contributed by atoms with E-state index in [2.05, 4.69) is 10.8 Å². The first-order valence-corrected chi connectivity index (χ1v) is 5.48. The third-order valence-electron chi connectivity index (χ3n) is 2.61. The second-order valence-corrected chi connectivity index (χ2v) is 3.84. The van der Waals surface area contributed by atoms with Crippen molar-refractivity contribution in [1.29, 1.82) is 5.26 Å². The van der Waals surface area contributed by atoms with Gasteiger partial charge in [0.05, 0.1) is 23.4 Å². The Morgan fingerprint density at radius 3 is 2.61 bits per heavy atom. The summed E-state index contributed by atoms with van der Waals surface area (Å²) in [6.45, 7) is 0.819. The quantitative estimate of drug-likeness (QED) is 0.707. The zero-order valence-electron chi connectivity index (χ0n) is 9.96. The van der Waals surface area contributed by atoms with E-state index in [1.165, 1.54) is 6.07 Å². The molecule has 0 spiro atoms. The van der Waals surface area contributed by atoms with Gasteiger partial charge in [0.25, 0.3) is 0 Å². The highest BCUT2D eigenvalue weighted by atomic mass is 16.5. The fraction of sp³-hybridized carbons (Fsp3) is 0.143. The molecule has 1 aromatic carbocycles. The van der Waals surface area contributed by atoms with Crippen molar-refractivity contribution < 1.29 is 4.74 Å². The Hall–Kier alpha value is -2.54. The van der Waals surface area contributed by atoms with Gasteiger partial charge >= 0.3 is 0 Å². The maximum absolute atomic E-state index is 11.4. The van der Waals surface area contributed by atoms with Crippen molar-refractivity contribution in [2.24, 2.45) is 7.05 Å². The standard InChI is InChI=1S/C11H8N2O.C3H4O/c1-13-5-4-11(14)9-3-2-8(7-12)6-10(9)13;1-2-4-3-1/h2-6H,1H3;1-2H,3H2. The van der Waals surface area contributed by atoms with Gasteiger partial charge in [-0.2, -0.15) is 5.26 Å². The molecule has 0 aliphatic carbocycles. The van der Waals surface area contributed by atoms with E-state index in [9.17, 15) is 4.79 Å². The zero-order valence-corrected chi connectivity index (χ0v) is 9.96. The predicted octanol–water partition coefficient (Wildman–Crippen LogP) is 1.94. The van der Waals surface area contributed by atoms with Crippen molar-refractivity contribution in [1.82, 2.24) is 4.57 Å². The summed E-state index contributed by atoms with van der Waals surface area (Å²) in [6.07, 6.45) is 5.34. The van der Waals surface area contributed by atoms with Gasteiger partial charge in [-0.25, -0.2) is 0 Å². The van der Waals surface area contributed by atoms with Crippen molar-refractivity contribution in [3.05, 3.63) is 58.6 Å². The highest BCUT2D eigenvalue weighted by Crippen LogP contribution is 2.10. The van der Waals surface area contributed by atoms with E-state index in [-0.39, 0.29) is 5.43 Å². The molecule has 2 aromatic rings. The lowest BCUT2D eigenvalue weighted by Gasteiger charge is -2.03. The number of pyridine rings is 1. The minimum absolute atomic E-state index is 0.0115. The largest absolute Gasteiger partial charge is 0.497 e. The lowest BCUT2D eigenvalue weighted by Crippen LogP contribution is -2.04. The fourth-order valence-corrected chi connectivity index (χ4v) is 1.55. The highest BCUT2D eigenvalue weighted by molar-refractivity contribution is 5.80. The van der Waals surface area contributed by atoms with Gasteiger partial charge in [0.2, 0.25) is 0 Å². The van der Waals surface area contributed by atoms with Crippen LogP contribution >= 0.6 is 0 Å². The first kappa shape index (κ1) is 11.9. The Morgan fingerprint density at radius 1 is 1.39 bits per heavy atom. The zero-order chi connectivity index (χ0) is 13.0. The number of hydrogen-bond donors (Lipinski definition) is 0. The molecule has 0 saturated carbocycles. The smallest absolute Gasteiger partial charge is 0.189 e. The first-order valence-electron chi connectivity index (χ1n) is 5.48. The molecule has 0 saturated heterocycles. The van der Waals surface area contributed by atoms with Crippen LogP contribution in [-0.4, -0.2) is 11.2 Å². The number of rotatable bonds is 0. The lowest BCUT2D eigenvalue weighted by molar-refractivity contribution is 0.243. The van der Waals surface area contributed by atoms with Gasteiger partial charge in [-0.1, -0.05) is 0 Å². The Kier molecular flexibility index (Phi) is 3.44. The molecule has 1 aliphatic heterocycles. The molecule has 0 radical (unpaired) electrons. The van der Waals surface area contributed by atoms with E-state index in [1.807, 2.05) is 17.7 Å². The third kappa shape index (κ3) is 2.41. The number of ether oxygens (including phenoxy) is 1. The van der Waals surface area contributed by atoms with Gasteiger partial charge < -0.3 is 9.30 Å². The monoisotopic (exact) mass is 240 g/mol. The molecule has 3 rings (SSSR count). The number of hydrogen-bond acceptors (Lipinski definition) is 3. The minimum atomic E-state index is -0.0115. The van der Waals surface area contributed by atoms with E-state index < -0.39 is 0 Å². The molecule has 0 bridgehead atoms. The first-order chi connectivity index (χ1) is 8.72. The van der Waals surface area contributed by atoms with Crippen LogP contribution in [0.1, 0.15) is 5.56 Å². The summed E-state index contributed by atoms with van der Waals surface area (Å²) in [4.78, 5) is 11.4. The Labute approximate surface area is 104 Å². The molecule has 1 aromatic heterocycles. The van der Waals surface area contributed by atoms with Crippen LogP contribution in [0.5, 0.6) is 0 Å². The van der Waals surface area contributed by atoms with Crippen molar-refractivity contribution in [2.45, 2.75) is 0 Å². The van der Waals surface area contributed by atoms with Crippen LogP contribution in [0.15, 0.2) is 47.6 Å². The molecule has 4 nitrogen and oxygen atoms in total. The molecule has 0 fully saturated rings. The van der Waals surface area contributed by atoms with E-state index >= 15 is 0 Å². The molecule has 0 amide bonds. The molecule has 0 atom stereocenters. The normalized spacial score (nSPS) is 11.8. The molecule has 90 valence electrons. The number of benzene rings is 1. The van der Waals surface area contributed by atoms with Crippen LogP contribution in [0.25, 0.3) is 10.9 Å². The Morgan fingerprint density at radius 2 is 2.06 bits per heavy atom. The van der Waals surface area contributed by atoms with Gasteiger partial charge in [-0.3, -0.25) is 4.79 Å². The average Bonchev–Trinajstić information content (AvgIpc) is 2.31. The predicted molar refractivity (Wildman–Crippen MR) is 69.0 cm³/mol. The van der Waals surface area contributed by atoms with Gasteiger partial charge in [-0.15, -0.1) is 0 Å². The molecule has 18 heavy (non-hydrogen) atoms. The highest BCUT2D eigenvalue weighted by Gasteiger charge is 2.00. The van der Waals surface area contributed by atoms with E-state index in [1.54, 1.807) is 30.7 Å². The molecule has 0 unspecified atom stereocenters. The van der Waals surface area contributed by atoms with E-state index in [0.29, 0.717) is 10.9 Å².